The standard InChI is InChI=1S/C15H18O4/c1-9-10-7-8-15(2,14(17)19-4)13(16)11(10)5-6-12(9)18-3/h5-6H,7-8H2,1-4H3/t15-/m0/s1. The Balaban J connectivity index is 2.52. The summed E-state index contributed by atoms with van der Waals surface area (Å²) in [5.74, 6) is 0.149. The van der Waals surface area contributed by atoms with Crippen molar-refractivity contribution < 1.29 is 19.1 Å². The Bertz CT molecular complexity index is 547. The number of carbonyl (C=O) groups excluding carboxylic acids is 2. The average Bonchev–Trinajstić information content (AvgIpc) is 2.42. The summed E-state index contributed by atoms with van der Waals surface area (Å²) in [6, 6.07) is 3.51. The minimum absolute atomic E-state index is 0.161. The fraction of sp³-hybridized carbons (Fsp3) is 0.467. The largest absolute Gasteiger partial charge is 0.496 e. The molecule has 102 valence electrons. The zero-order valence-corrected chi connectivity index (χ0v) is 11.7. The number of fused-ring (bicyclic) bond motifs is 1. The molecule has 2 rings (SSSR count). The SMILES string of the molecule is COC(=O)[C@@]1(C)CCc2c(ccc(OC)c2C)C1=O. The molecule has 0 heterocycles. The topological polar surface area (TPSA) is 52.6 Å². The second-order valence-electron chi connectivity index (χ2n) is 5.07. The normalized spacial score (nSPS) is 21.8. The van der Waals surface area contributed by atoms with Gasteiger partial charge in [-0.3, -0.25) is 9.59 Å². The first-order valence-corrected chi connectivity index (χ1v) is 6.25. The summed E-state index contributed by atoms with van der Waals surface area (Å²) in [5.41, 5.74) is 1.49. The lowest BCUT2D eigenvalue weighted by Crippen LogP contribution is -2.41. The minimum Gasteiger partial charge on any atom is -0.496 e. The van der Waals surface area contributed by atoms with Crippen molar-refractivity contribution in [3.05, 3.63) is 28.8 Å². The number of hydrogen-bond acceptors (Lipinski definition) is 4. The highest BCUT2D eigenvalue weighted by molar-refractivity contribution is 6.14. The summed E-state index contributed by atoms with van der Waals surface area (Å²) < 4.78 is 10.0. The van der Waals surface area contributed by atoms with E-state index in [1.165, 1.54) is 7.11 Å². The van der Waals surface area contributed by atoms with Gasteiger partial charge in [0.05, 0.1) is 14.2 Å². The van der Waals surface area contributed by atoms with E-state index in [0.29, 0.717) is 18.4 Å². The predicted octanol–water partition coefficient (Wildman–Crippen LogP) is 2.31. The van der Waals surface area contributed by atoms with E-state index in [2.05, 4.69) is 0 Å². The molecule has 0 saturated heterocycles. The van der Waals surface area contributed by atoms with Crippen LogP contribution in [0.25, 0.3) is 0 Å². The Hall–Kier alpha value is -1.84. The molecule has 0 unspecified atom stereocenters. The van der Waals surface area contributed by atoms with Crippen molar-refractivity contribution in [1.82, 2.24) is 0 Å². The molecule has 0 N–H and O–H groups in total. The highest BCUT2D eigenvalue weighted by atomic mass is 16.5. The first kappa shape index (κ1) is 13.6. The third-order valence-corrected chi connectivity index (χ3v) is 4.03. The molecule has 1 atom stereocenters. The molecule has 0 amide bonds. The molecule has 0 fully saturated rings. The number of hydrogen-bond donors (Lipinski definition) is 0. The van der Waals surface area contributed by atoms with E-state index in [-0.39, 0.29) is 5.78 Å². The Morgan fingerprint density at radius 1 is 1.32 bits per heavy atom. The van der Waals surface area contributed by atoms with Crippen LogP contribution in [0, 0.1) is 12.3 Å². The van der Waals surface area contributed by atoms with Crippen LogP contribution >= 0.6 is 0 Å². The van der Waals surface area contributed by atoms with Gasteiger partial charge in [-0.25, -0.2) is 0 Å². The van der Waals surface area contributed by atoms with Gasteiger partial charge >= 0.3 is 5.97 Å². The van der Waals surface area contributed by atoms with Crippen molar-refractivity contribution in [3.8, 4) is 5.75 Å². The van der Waals surface area contributed by atoms with E-state index in [1.807, 2.05) is 6.92 Å². The van der Waals surface area contributed by atoms with Crippen LogP contribution in [0.3, 0.4) is 0 Å². The van der Waals surface area contributed by atoms with Gasteiger partial charge in [-0.1, -0.05) is 0 Å². The summed E-state index contributed by atoms with van der Waals surface area (Å²) in [5, 5.41) is 0. The van der Waals surface area contributed by atoms with E-state index in [0.717, 1.165) is 16.9 Å². The van der Waals surface area contributed by atoms with Crippen molar-refractivity contribution in [1.29, 1.82) is 0 Å². The second-order valence-corrected chi connectivity index (χ2v) is 5.07. The monoisotopic (exact) mass is 262 g/mol. The number of rotatable bonds is 2. The Labute approximate surface area is 112 Å². The molecule has 0 saturated carbocycles. The molecule has 1 aliphatic rings. The smallest absolute Gasteiger partial charge is 0.319 e. The van der Waals surface area contributed by atoms with Gasteiger partial charge in [0.2, 0.25) is 0 Å². The molecule has 0 radical (unpaired) electrons. The van der Waals surface area contributed by atoms with Gasteiger partial charge in [0.25, 0.3) is 0 Å². The van der Waals surface area contributed by atoms with E-state index < -0.39 is 11.4 Å². The lowest BCUT2D eigenvalue weighted by Gasteiger charge is -2.31. The van der Waals surface area contributed by atoms with Crippen LogP contribution in [-0.2, 0) is 16.0 Å². The summed E-state index contributed by atoms with van der Waals surface area (Å²) in [4.78, 5) is 24.4. The molecule has 0 spiro atoms. The molecule has 4 nitrogen and oxygen atoms in total. The van der Waals surface area contributed by atoms with E-state index in [1.54, 1.807) is 26.2 Å². The van der Waals surface area contributed by atoms with Gasteiger partial charge in [-0.05, 0) is 49.9 Å². The van der Waals surface area contributed by atoms with Gasteiger partial charge in [-0.15, -0.1) is 0 Å². The van der Waals surface area contributed by atoms with E-state index >= 15 is 0 Å². The van der Waals surface area contributed by atoms with Crippen molar-refractivity contribution in [3.63, 3.8) is 0 Å². The number of Topliss-reactive ketones (excluding diaryl/α,β-unsaturated/α-hetero) is 1. The molecule has 4 heteroatoms. The van der Waals surface area contributed by atoms with Crippen LogP contribution in [0.15, 0.2) is 12.1 Å². The van der Waals surface area contributed by atoms with Crippen molar-refractivity contribution in [2.75, 3.05) is 14.2 Å². The van der Waals surface area contributed by atoms with Crippen molar-refractivity contribution in [2.45, 2.75) is 26.7 Å². The highest BCUT2D eigenvalue weighted by Crippen LogP contribution is 2.39. The number of methoxy groups -OCH3 is 2. The lowest BCUT2D eigenvalue weighted by molar-refractivity contribution is -0.149. The van der Waals surface area contributed by atoms with E-state index in [9.17, 15) is 9.59 Å². The molecule has 1 aromatic rings. The van der Waals surface area contributed by atoms with Crippen molar-refractivity contribution in [2.24, 2.45) is 5.41 Å². The molecular weight excluding hydrogens is 244 g/mol. The maximum atomic E-state index is 12.5. The van der Waals surface area contributed by atoms with Gasteiger partial charge in [0.15, 0.2) is 5.78 Å². The summed E-state index contributed by atoms with van der Waals surface area (Å²) in [6.45, 7) is 3.59. The first-order chi connectivity index (χ1) is 8.95. The first-order valence-electron chi connectivity index (χ1n) is 6.25. The third-order valence-electron chi connectivity index (χ3n) is 4.03. The van der Waals surface area contributed by atoms with E-state index in [4.69, 9.17) is 9.47 Å². The van der Waals surface area contributed by atoms with Crippen LogP contribution in [0.2, 0.25) is 0 Å². The molecule has 1 aliphatic carbocycles. The van der Waals surface area contributed by atoms with Crippen LogP contribution in [-0.4, -0.2) is 26.0 Å². The fourth-order valence-corrected chi connectivity index (χ4v) is 2.70. The number of esters is 1. The predicted molar refractivity (Wildman–Crippen MR) is 70.5 cm³/mol. The summed E-state index contributed by atoms with van der Waals surface area (Å²) >= 11 is 0. The molecule has 1 aromatic carbocycles. The van der Waals surface area contributed by atoms with Crippen LogP contribution in [0.1, 0.15) is 34.8 Å². The fourth-order valence-electron chi connectivity index (χ4n) is 2.70. The van der Waals surface area contributed by atoms with Gasteiger partial charge in [0.1, 0.15) is 11.2 Å². The van der Waals surface area contributed by atoms with Gasteiger partial charge in [0, 0.05) is 5.56 Å². The molecule has 0 aromatic heterocycles. The summed E-state index contributed by atoms with van der Waals surface area (Å²) in [7, 11) is 2.92. The van der Waals surface area contributed by atoms with Crippen LogP contribution in [0.4, 0.5) is 0 Å². The van der Waals surface area contributed by atoms with Crippen LogP contribution in [0.5, 0.6) is 5.75 Å². The maximum Gasteiger partial charge on any atom is 0.319 e. The molecular formula is C15H18O4. The lowest BCUT2D eigenvalue weighted by atomic mass is 9.71. The Morgan fingerprint density at radius 3 is 2.58 bits per heavy atom. The molecule has 0 aliphatic heterocycles. The molecule has 19 heavy (non-hydrogen) atoms. The van der Waals surface area contributed by atoms with Crippen LogP contribution < -0.4 is 4.74 Å². The highest BCUT2D eigenvalue weighted by Gasteiger charge is 2.46. The number of benzene rings is 1. The minimum atomic E-state index is -1.07. The zero-order valence-electron chi connectivity index (χ0n) is 11.7. The quantitative estimate of drug-likeness (QED) is 0.606. The zero-order chi connectivity index (χ0) is 14.2. The third kappa shape index (κ3) is 1.91. The van der Waals surface area contributed by atoms with Gasteiger partial charge < -0.3 is 9.47 Å². The number of ether oxygens (including phenoxy) is 2. The maximum absolute atomic E-state index is 12.5. The Kier molecular flexibility index (Phi) is 3.35. The van der Waals surface area contributed by atoms with Gasteiger partial charge in [-0.2, -0.15) is 0 Å². The average molecular weight is 262 g/mol. The number of carbonyl (C=O) groups is 2. The Morgan fingerprint density at radius 2 is 2.00 bits per heavy atom. The second kappa shape index (κ2) is 4.68. The summed E-state index contributed by atoms with van der Waals surface area (Å²) in [6.07, 6.45) is 1.15. The molecule has 0 bridgehead atoms. The number of ketones is 1. The van der Waals surface area contributed by atoms with Crippen molar-refractivity contribution >= 4 is 11.8 Å².